The smallest absolute Gasteiger partial charge is 0.0990 e. The number of aryl methyl sites for hydroxylation is 1. The molecule has 1 unspecified atom stereocenters. The Labute approximate surface area is 107 Å². The second-order valence-electron chi connectivity index (χ2n) is 4.44. The molecular formula is C13H20N2OS. The van der Waals surface area contributed by atoms with E-state index in [-0.39, 0.29) is 0 Å². The van der Waals surface area contributed by atoms with Gasteiger partial charge >= 0.3 is 0 Å². The van der Waals surface area contributed by atoms with Gasteiger partial charge in [-0.3, -0.25) is 0 Å². The van der Waals surface area contributed by atoms with Crippen LogP contribution in [0, 0.1) is 6.92 Å². The van der Waals surface area contributed by atoms with Crippen molar-refractivity contribution >= 4 is 11.8 Å². The van der Waals surface area contributed by atoms with Gasteiger partial charge in [0.25, 0.3) is 0 Å². The normalized spacial score (nSPS) is 19.8. The van der Waals surface area contributed by atoms with Gasteiger partial charge in [-0.15, -0.1) is 11.8 Å². The Morgan fingerprint density at radius 2 is 2.47 bits per heavy atom. The molecule has 0 saturated carbocycles. The molecule has 1 aromatic heterocycles. The third kappa shape index (κ3) is 3.69. The van der Waals surface area contributed by atoms with E-state index in [0.29, 0.717) is 6.10 Å². The van der Waals surface area contributed by atoms with Crippen molar-refractivity contribution in [2.24, 2.45) is 0 Å². The number of rotatable bonds is 5. The molecule has 1 fully saturated rings. The van der Waals surface area contributed by atoms with Crippen molar-refractivity contribution in [1.82, 2.24) is 10.3 Å². The minimum atomic E-state index is 0.429. The molecule has 1 N–H and O–H groups in total. The maximum absolute atomic E-state index is 5.62. The molecule has 94 valence electrons. The fourth-order valence-electron chi connectivity index (χ4n) is 2.02. The molecule has 3 nitrogen and oxygen atoms in total. The van der Waals surface area contributed by atoms with Crippen molar-refractivity contribution in [2.45, 2.75) is 37.4 Å². The third-order valence-electron chi connectivity index (χ3n) is 2.90. The van der Waals surface area contributed by atoms with Crippen LogP contribution in [0.2, 0.25) is 0 Å². The molecule has 0 aliphatic carbocycles. The topological polar surface area (TPSA) is 34.2 Å². The predicted octanol–water partition coefficient (Wildman–Crippen LogP) is 2.38. The number of aromatic nitrogens is 1. The van der Waals surface area contributed by atoms with E-state index in [9.17, 15) is 0 Å². The highest BCUT2D eigenvalue weighted by Crippen LogP contribution is 2.25. The summed E-state index contributed by atoms with van der Waals surface area (Å²) in [5.74, 6) is 1.03. The summed E-state index contributed by atoms with van der Waals surface area (Å²) in [5, 5.41) is 4.28. The van der Waals surface area contributed by atoms with Gasteiger partial charge in [-0.05, 0) is 37.9 Å². The number of thioether (sulfide) groups is 1. The number of nitrogens with one attached hydrogen (secondary N) is 1. The monoisotopic (exact) mass is 252 g/mol. The van der Waals surface area contributed by atoms with Crippen molar-refractivity contribution in [1.29, 1.82) is 0 Å². The van der Waals surface area contributed by atoms with Gasteiger partial charge in [0.1, 0.15) is 0 Å². The minimum absolute atomic E-state index is 0.429. The van der Waals surface area contributed by atoms with Crippen LogP contribution in [0.5, 0.6) is 0 Å². The largest absolute Gasteiger partial charge is 0.377 e. The molecule has 1 atom stereocenters. The summed E-state index contributed by atoms with van der Waals surface area (Å²) in [7, 11) is 1.95. The fraction of sp³-hybridized carbons (Fsp3) is 0.615. The SMILES string of the molecule is CNCc1cnc(SCC2CCCO2)c(C)c1. The first-order valence-corrected chi connectivity index (χ1v) is 7.12. The van der Waals surface area contributed by atoms with E-state index in [1.165, 1.54) is 24.0 Å². The zero-order valence-corrected chi connectivity index (χ0v) is 11.3. The highest BCUT2D eigenvalue weighted by molar-refractivity contribution is 7.99. The van der Waals surface area contributed by atoms with Crippen molar-refractivity contribution in [3.8, 4) is 0 Å². The van der Waals surface area contributed by atoms with Crippen LogP contribution in [0.25, 0.3) is 0 Å². The summed E-state index contributed by atoms with van der Waals surface area (Å²) in [6.45, 7) is 3.94. The van der Waals surface area contributed by atoms with Crippen LogP contribution in [0.3, 0.4) is 0 Å². The molecule has 4 heteroatoms. The molecule has 2 heterocycles. The first kappa shape index (κ1) is 12.9. The van der Waals surface area contributed by atoms with Crippen LogP contribution in [-0.2, 0) is 11.3 Å². The van der Waals surface area contributed by atoms with Crippen molar-refractivity contribution in [2.75, 3.05) is 19.4 Å². The summed E-state index contributed by atoms with van der Waals surface area (Å²) < 4.78 is 5.62. The van der Waals surface area contributed by atoms with E-state index in [4.69, 9.17) is 4.74 Å². The maximum Gasteiger partial charge on any atom is 0.0990 e. The minimum Gasteiger partial charge on any atom is -0.377 e. The van der Waals surface area contributed by atoms with Crippen LogP contribution in [0.4, 0.5) is 0 Å². The zero-order valence-electron chi connectivity index (χ0n) is 10.5. The molecule has 0 bridgehead atoms. The van der Waals surface area contributed by atoms with E-state index in [1.54, 1.807) is 0 Å². The van der Waals surface area contributed by atoms with Crippen LogP contribution in [-0.4, -0.2) is 30.5 Å². The van der Waals surface area contributed by atoms with Crippen molar-refractivity contribution < 1.29 is 4.74 Å². The molecule has 0 aromatic carbocycles. The number of ether oxygens (including phenoxy) is 1. The Bertz CT molecular complexity index is 364. The molecule has 1 aromatic rings. The Morgan fingerprint density at radius 3 is 3.12 bits per heavy atom. The van der Waals surface area contributed by atoms with Crippen LogP contribution < -0.4 is 5.32 Å². The zero-order chi connectivity index (χ0) is 12.1. The van der Waals surface area contributed by atoms with E-state index in [2.05, 4.69) is 23.3 Å². The maximum atomic E-state index is 5.62. The van der Waals surface area contributed by atoms with Gasteiger partial charge in [0.05, 0.1) is 11.1 Å². The molecule has 17 heavy (non-hydrogen) atoms. The highest BCUT2D eigenvalue weighted by Gasteiger charge is 2.16. The van der Waals surface area contributed by atoms with Gasteiger partial charge in [-0.2, -0.15) is 0 Å². The second kappa shape index (κ2) is 6.38. The number of pyridine rings is 1. The van der Waals surface area contributed by atoms with E-state index in [1.807, 2.05) is 25.0 Å². The standard InChI is InChI=1S/C13H20N2OS/c1-10-6-11(7-14-2)8-15-13(10)17-9-12-4-3-5-16-12/h6,8,12,14H,3-5,7,9H2,1-2H3. The van der Waals surface area contributed by atoms with E-state index >= 15 is 0 Å². The fourth-order valence-corrected chi connectivity index (χ4v) is 3.04. The van der Waals surface area contributed by atoms with Crippen LogP contribution in [0.15, 0.2) is 17.3 Å². The summed E-state index contributed by atoms with van der Waals surface area (Å²) >= 11 is 1.81. The van der Waals surface area contributed by atoms with Crippen LogP contribution >= 0.6 is 11.8 Å². The van der Waals surface area contributed by atoms with Crippen molar-refractivity contribution in [3.05, 3.63) is 23.4 Å². The quantitative estimate of drug-likeness (QED) is 0.816. The first-order chi connectivity index (χ1) is 8.29. The lowest BCUT2D eigenvalue weighted by molar-refractivity contribution is 0.129. The Morgan fingerprint density at radius 1 is 1.59 bits per heavy atom. The van der Waals surface area contributed by atoms with Gasteiger partial charge in [0.2, 0.25) is 0 Å². The van der Waals surface area contributed by atoms with Gasteiger partial charge in [-0.1, -0.05) is 6.07 Å². The van der Waals surface area contributed by atoms with Gasteiger partial charge < -0.3 is 10.1 Å². The van der Waals surface area contributed by atoms with Gasteiger partial charge in [0, 0.05) is 25.1 Å². The number of hydrogen-bond donors (Lipinski definition) is 1. The molecule has 1 saturated heterocycles. The molecule has 0 spiro atoms. The Hall–Kier alpha value is -0.580. The molecule has 1 aliphatic heterocycles. The second-order valence-corrected chi connectivity index (χ2v) is 5.45. The average molecular weight is 252 g/mol. The summed E-state index contributed by atoms with van der Waals surface area (Å²) in [6.07, 6.45) is 4.79. The molecule has 1 aliphatic rings. The number of hydrogen-bond acceptors (Lipinski definition) is 4. The van der Waals surface area contributed by atoms with Crippen molar-refractivity contribution in [3.63, 3.8) is 0 Å². The summed E-state index contributed by atoms with van der Waals surface area (Å²) in [5.41, 5.74) is 2.51. The number of nitrogens with zero attached hydrogens (tertiary/aromatic N) is 1. The van der Waals surface area contributed by atoms with Crippen LogP contribution in [0.1, 0.15) is 24.0 Å². The molecule has 2 rings (SSSR count). The summed E-state index contributed by atoms with van der Waals surface area (Å²) in [6, 6.07) is 2.21. The van der Waals surface area contributed by atoms with E-state index < -0.39 is 0 Å². The van der Waals surface area contributed by atoms with Gasteiger partial charge in [-0.25, -0.2) is 4.98 Å². The highest BCUT2D eigenvalue weighted by atomic mass is 32.2. The average Bonchev–Trinajstić information content (AvgIpc) is 2.81. The lowest BCUT2D eigenvalue weighted by Gasteiger charge is -2.10. The lowest BCUT2D eigenvalue weighted by Crippen LogP contribution is -2.09. The third-order valence-corrected chi connectivity index (χ3v) is 4.14. The van der Waals surface area contributed by atoms with Gasteiger partial charge in [0.15, 0.2) is 0 Å². The van der Waals surface area contributed by atoms with E-state index in [0.717, 1.165) is 23.9 Å². The molecule has 0 amide bonds. The predicted molar refractivity (Wildman–Crippen MR) is 71.4 cm³/mol. The molecular weight excluding hydrogens is 232 g/mol. The lowest BCUT2D eigenvalue weighted by atomic mass is 10.2. The first-order valence-electron chi connectivity index (χ1n) is 6.14. The Kier molecular flexibility index (Phi) is 4.83. The Balaban J connectivity index is 1.91. The molecule has 0 radical (unpaired) electrons. The summed E-state index contributed by atoms with van der Waals surface area (Å²) in [4.78, 5) is 4.53.